The maximum Gasteiger partial charge on any atom is 0.195 e. The lowest BCUT2D eigenvalue weighted by molar-refractivity contribution is 0.447. The van der Waals surface area contributed by atoms with E-state index in [-0.39, 0.29) is 0 Å². The van der Waals surface area contributed by atoms with Gasteiger partial charge in [0.1, 0.15) is 10.7 Å². The Balaban J connectivity index is 1.78. The van der Waals surface area contributed by atoms with Gasteiger partial charge in [0.05, 0.1) is 6.54 Å². The van der Waals surface area contributed by atoms with Gasteiger partial charge in [-0.3, -0.25) is 4.98 Å². The Morgan fingerprint density at radius 1 is 1.16 bits per heavy atom. The van der Waals surface area contributed by atoms with Crippen LogP contribution in [0.1, 0.15) is 16.7 Å². The minimum Gasteiger partial charge on any atom is -0.322 e. The van der Waals surface area contributed by atoms with Crippen LogP contribution in [-0.2, 0) is 6.54 Å². The van der Waals surface area contributed by atoms with Crippen molar-refractivity contribution in [2.45, 2.75) is 6.54 Å². The molecule has 4 rings (SSSR count). The molecule has 124 valence electrons. The summed E-state index contributed by atoms with van der Waals surface area (Å²) in [5.74, 6) is 0. The molecule has 0 saturated heterocycles. The average molecular weight is 385 g/mol. The fourth-order valence-corrected chi connectivity index (χ4v) is 3.75. The minimum absolute atomic E-state index is 0.547. The Kier molecular flexibility index (Phi) is 4.48. The lowest BCUT2D eigenvalue weighted by atomic mass is 10.0. The Morgan fingerprint density at radius 3 is 2.76 bits per heavy atom. The first-order valence-electron chi connectivity index (χ1n) is 7.60. The number of thiophene rings is 1. The fraction of sp³-hybridized carbons (Fsp3) is 0.0556. The number of nitrogens with one attached hydrogen (secondary N) is 1. The third kappa shape index (κ3) is 3.42. The zero-order chi connectivity index (χ0) is 17.2. The summed E-state index contributed by atoms with van der Waals surface area (Å²) in [7, 11) is 0. The molecule has 1 N–H and O–H groups in total. The van der Waals surface area contributed by atoms with Crippen molar-refractivity contribution in [2.24, 2.45) is 5.10 Å². The van der Waals surface area contributed by atoms with Gasteiger partial charge < -0.3 is 5.32 Å². The Morgan fingerprint density at radius 2 is 2.00 bits per heavy atom. The average Bonchev–Trinajstić information content (AvgIpc) is 3.03. The molecule has 0 atom stereocenters. The molecule has 0 saturated carbocycles. The van der Waals surface area contributed by atoms with E-state index in [0.29, 0.717) is 16.7 Å². The number of rotatable bonds is 3. The second-order valence-corrected chi connectivity index (χ2v) is 7.21. The van der Waals surface area contributed by atoms with Gasteiger partial charge in [0.2, 0.25) is 0 Å². The number of pyridine rings is 1. The molecule has 1 aromatic carbocycles. The molecule has 25 heavy (non-hydrogen) atoms. The van der Waals surface area contributed by atoms with Gasteiger partial charge in [0.15, 0.2) is 5.11 Å². The summed E-state index contributed by atoms with van der Waals surface area (Å²) in [6.07, 6.45) is 3.57. The van der Waals surface area contributed by atoms with E-state index in [2.05, 4.69) is 16.4 Å². The van der Waals surface area contributed by atoms with Crippen LogP contribution in [0.2, 0.25) is 5.02 Å². The molecule has 3 aromatic rings. The topological polar surface area (TPSA) is 40.5 Å². The van der Waals surface area contributed by atoms with Crippen LogP contribution in [0, 0.1) is 0 Å². The molecular formula is C18H13ClN4S2. The summed E-state index contributed by atoms with van der Waals surface area (Å²) >= 11 is 13.2. The maximum atomic E-state index is 6.03. The van der Waals surface area contributed by atoms with Gasteiger partial charge in [-0.25, -0.2) is 5.01 Å². The predicted molar refractivity (Wildman–Crippen MR) is 107 cm³/mol. The highest BCUT2D eigenvalue weighted by Gasteiger charge is 2.22. The molecule has 0 fully saturated rings. The zero-order valence-electron chi connectivity index (χ0n) is 13.0. The molecule has 2 aromatic heterocycles. The molecule has 4 nitrogen and oxygen atoms in total. The lowest BCUT2D eigenvalue weighted by Crippen LogP contribution is -2.29. The van der Waals surface area contributed by atoms with Gasteiger partial charge in [0.25, 0.3) is 0 Å². The first-order chi connectivity index (χ1) is 12.2. The summed E-state index contributed by atoms with van der Waals surface area (Å²) in [6.45, 7) is 0.547. The molecule has 0 bridgehead atoms. The highest BCUT2D eigenvalue weighted by atomic mass is 35.5. The third-order valence-electron chi connectivity index (χ3n) is 3.77. The van der Waals surface area contributed by atoms with E-state index in [9.17, 15) is 0 Å². The van der Waals surface area contributed by atoms with Crippen LogP contribution in [0.15, 0.2) is 65.3 Å². The van der Waals surface area contributed by atoms with E-state index in [1.807, 2.05) is 48.0 Å². The van der Waals surface area contributed by atoms with Crippen molar-refractivity contribution in [3.05, 3.63) is 82.0 Å². The van der Waals surface area contributed by atoms with Crippen molar-refractivity contribution in [1.82, 2.24) is 9.99 Å². The third-order valence-corrected chi connectivity index (χ3v) is 5.16. The highest BCUT2D eigenvalue weighted by molar-refractivity contribution is 7.80. The molecule has 1 aliphatic heterocycles. The van der Waals surface area contributed by atoms with Crippen LogP contribution < -0.4 is 5.32 Å². The standard InChI is InChI=1S/C18H13ClN4S2/c19-14-5-3-13(4-6-14)16-15-7-9-25-17(15)21-18(24)23(22-16)11-12-2-1-8-20-10-12/h1-10H,11H2,(H,21,24). The summed E-state index contributed by atoms with van der Waals surface area (Å²) in [4.78, 5) is 4.16. The normalized spacial score (nSPS) is 13.7. The quantitative estimate of drug-likeness (QED) is 0.661. The molecule has 0 spiro atoms. The van der Waals surface area contributed by atoms with Crippen LogP contribution in [0.25, 0.3) is 0 Å². The molecule has 3 heterocycles. The number of hydrogen-bond donors (Lipinski definition) is 1. The second kappa shape index (κ2) is 6.92. The fourth-order valence-electron chi connectivity index (χ4n) is 2.57. The largest absolute Gasteiger partial charge is 0.322 e. The van der Waals surface area contributed by atoms with Crippen LogP contribution in [-0.4, -0.2) is 20.8 Å². The number of hydrogen-bond acceptors (Lipinski definition) is 4. The molecule has 0 radical (unpaired) electrons. The lowest BCUT2D eigenvalue weighted by Gasteiger charge is -2.19. The van der Waals surface area contributed by atoms with Gasteiger partial charge in [-0.15, -0.1) is 11.3 Å². The predicted octanol–water partition coefficient (Wildman–Crippen LogP) is 4.76. The van der Waals surface area contributed by atoms with Gasteiger partial charge in [-0.2, -0.15) is 5.10 Å². The Bertz CT molecular complexity index is 935. The van der Waals surface area contributed by atoms with E-state index < -0.39 is 0 Å². The number of thiocarbonyl (C=S) groups is 1. The van der Waals surface area contributed by atoms with E-state index in [1.54, 1.807) is 22.5 Å². The smallest absolute Gasteiger partial charge is 0.195 e. The number of fused-ring (bicyclic) bond motifs is 1. The van der Waals surface area contributed by atoms with Crippen molar-refractivity contribution in [1.29, 1.82) is 0 Å². The molecular weight excluding hydrogens is 372 g/mol. The number of hydrazone groups is 1. The van der Waals surface area contributed by atoms with Crippen molar-refractivity contribution in [2.75, 3.05) is 5.32 Å². The number of nitrogens with zero attached hydrogens (tertiary/aromatic N) is 3. The summed E-state index contributed by atoms with van der Waals surface area (Å²) in [5.41, 5.74) is 3.93. The second-order valence-electron chi connectivity index (χ2n) is 5.47. The molecule has 0 amide bonds. The summed E-state index contributed by atoms with van der Waals surface area (Å²) in [5, 5.41) is 14.2. The van der Waals surface area contributed by atoms with Gasteiger partial charge in [0, 0.05) is 28.5 Å². The SMILES string of the molecule is S=C1Nc2sccc2C(c2ccc(Cl)cc2)=NN1Cc1cccnc1. The van der Waals surface area contributed by atoms with Crippen LogP contribution in [0.4, 0.5) is 5.00 Å². The first-order valence-corrected chi connectivity index (χ1v) is 9.27. The van der Waals surface area contributed by atoms with Gasteiger partial charge in [-0.05, 0) is 47.4 Å². The van der Waals surface area contributed by atoms with E-state index in [0.717, 1.165) is 27.4 Å². The Labute approximate surface area is 159 Å². The van der Waals surface area contributed by atoms with Crippen LogP contribution >= 0.6 is 35.2 Å². The van der Waals surface area contributed by atoms with E-state index >= 15 is 0 Å². The van der Waals surface area contributed by atoms with E-state index in [4.69, 9.17) is 28.9 Å². The van der Waals surface area contributed by atoms with Crippen molar-refractivity contribution in [3.8, 4) is 0 Å². The van der Waals surface area contributed by atoms with Gasteiger partial charge >= 0.3 is 0 Å². The number of anilines is 1. The molecule has 1 aliphatic rings. The van der Waals surface area contributed by atoms with Crippen LogP contribution in [0.5, 0.6) is 0 Å². The minimum atomic E-state index is 0.547. The maximum absolute atomic E-state index is 6.03. The van der Waals surface area contributed by atoms with Crippen molar-refractivity contribution in [3.63, 3.8) is 0 Å². The highest BCUT2D eigenvalue weighted by Crippen LogP contribution is 2.30. The Hall–Kier alpha value is -2.28. The number of halogens is 1. The van der Waals surface area contributed by atoms with Crippen LogP contribution in [0.3, 0.4) is 0 Å². The number of benzene rings is 1. The summed E-state index contributed by atoms with van der Waals surface area (Å²) < 4.78 is 0. The molecule has 0 aliphatic carbocycles. The zero-order valence-corrected chi connectivity index (χ0v) is 15.4. The van der Waals surface area contributed by atoms with E-state index in [1.165, 1.54) is 0 Å². The summed E-state index contributed by atoms with van der Waals surface area (Å²) in [6, 6.07) is 13.6. The number of aromatic nitrogens is 1. The first kappa shape index (κ1) is 16.2. The van der Waals surface area contributed by atoms with Crippen molar-refractivity contribution >= 4 is 51.0 Å². The monoisotopic (exact) mass is 384 g/mol. The molecule has 7 heteroatoms. The molecule has 0 unspecified atom stereocenters. The van der Waals surface area contributed by atoms with Gasteiger partial charge in [-0.1, -0.05) is 29.8 Å². The van der Waals surface area contributed by atoms with Crippen molar-refractivity contribution < 1.29 is 0 Å².